The molecule has 3 atom stereocenters. The van der Waals surface area contributed by atoms with Crippen molar-refractivity contribution in [3.8, 4) is 0 Å². The zero-order valence-corrected chi connectivity index (χ0v) is 39.4. The summed E-state index contributed by atoms with van der Waals surface area (Å²) in [5.74, 6) is -5.70. The molecule has 0 radical (unpaired) electrons. The summed E-state index contributed by atoms with van der Waals surface area (Å²) in [5.41, 5.74) is 10.9. The van der Waals surface area contributed by atoms with Crippen molar-refractivity contribution >= 4 is 60.5 Å². The van der Waals surface area contributed by atoms with Crippen molar-refractivity contribution < 1.29 is 63.7 Å². The lowest BCUT2D eigenvalue weighted by atomic mass is 9.77. The lowest BCUT2D eigenvalue weighted by molar-refractivity contribution is -0.140. The summed E-state index contributed by atoms with van der Waals surface area (Å²) >= 11 is 0. The van der Waals surface area contributed by atoms with Crippen LogP contribution in [0.25, 0.3) is 0 Å². The minimum absolute atomic E-state index is 0.120. The maximum Gasteiger partial charge on any atom is 0.475 e. The van der Waals surface area contributed by atoms with Gasteiger partial charge in [-0.25, -0.2) is 0 Å². The molecule has 2 saturated heterocycles. The molecule has 0 unspecified atom stereocenters. The highest BCUT2D eigenvalue weighted by molar-refractivity contribution is 6.43. The van der Waals surface area contributed by atoms with E-state index < -0.39 is 54.9 Å². The van der Waals surface area contributed by atoms with Gasteiger partial charge in [-0.1, -0.05) is 0 Å². The van der Waals surface area contributed by atoms with Gasteiger partial charge in [-0.2, -0.15) is 0 Å². The zero-order chi connectivity index (χ0) is 50.2. The van der Waals surface area contributed by atoms with Crippen molar-refractivity contribution in [1.82, 2.24) is 45.8 Å². The van der Waals surface area contributed by atoms with E-state index in [1.165, 1.54) is 4.90 Å². The van der Waals surface area contributed by atoms with E-state index >= 15 is 0 Å². The molecule has 384 valence electrons. The van der Waals surface area contributed by atoms with Crippen molar-refractivity contribution in [3.05, 3.63) is 0 Å². The number of carboxylic acids is 3. The van der Waals surface area contributed by atoms with E-state index in [-0.39, 0.29) is 140 Å². The second kappa shape index (κ2) is 30.4. The molecule has 3 aliphatic rings. The normalized spacial score (nSPS) is 21.2. The average molecular weight is 967 g/mol. The Morgan fingerprint density at radius 3 is 1.69 bits per heavy atom. The summed E-state index contributed by atoms with van der Waals surface area (Å²) in [7, 11) is -1.63. The summed E-state index contributed by atoms with van der Waals surface area (Å²) in [5, 5.41) is 59.1. The molecule has 0 aromatic rings. The van der Waals surface area contributed by atoms with Crippen LogP contribution >= 0.6 is 0 Å². The maximum atomic E-state index is 13.5. The number of guanidine groups is 1. The molecular weight excluding hydrogens is 891 g/mol. The number of unbranched alkanes of at least 4 members (excludes halogenated alkanes) is 1. The van der Waals surface area contributed by atoms with Gasteiger partial charge in [-0.3, -0.25) is 62.9 Å². The number of nitrogens with zero attached hydrogens (tertiary/aromatic N) is 6. The van der Waals surface area contributed by atoms with Gasteiger partial charge in [0.25, 0.3) is 0 Å². The van der Waals surface area contributed by atoms with E-state index in [2.05, 4.69) is 26.3 Å². The third-order valence-electron chi connectivity index (χ3n) is 12.6. The Morgan fingerprint density at radius 1 is 0.662 bits per heavy atom. The molecule has 0 aromatic carbocycles. The quantitative estimate of drug-likeness (QED) is 0.0178. The van der Waals surface area contributed by atoms with E-state index in [0.717, 1.165) is 12.8 Å². The first-order chi connectivity index (χ1) is 32.3. The van der Waals surface area contributed by atoms with E-state index in [1.54, 1.807) is 26.5 Å². The van der Waals surface area contributed by atoms with Crippen LogP contribution in [0.4, 0.5) is 0 Å². The highest BCUT2D eigenvalue weighted by Crippen LogP contribution is 2.29. The third kappa shape index (κ3) is 22.3. The largest absolute Gasteiger partial charge is 0.480 e. The molecule has 0 bridgehead atoms. The topological polar surface area (TPSA) is 366 Å². The smallest absolute Gasteiger partial charge is 0.475 e. The Morgan fingerprint density at radius 2 is 1.19 bits per heavy atom. The molecule has 68 heavy (non-hydrogen) atoms. The van der Waals surface area contributed by atoms with E-state index in [1.807, 2.05) is 0 Å². The number of carbonyl (C=O) groups excluding carboxylic acids is 5. The molecule has 5 amide bonds. The minimum atomic E-state index is -1.63. The summed E-state index contributed by atoms with van der Waals surface area (Å²) in [4.78, 5) is 112. The highest BCUT2D eigenvalue weighted by Gasteiger charge is 2.39. The molecule has 2 heterocycles. The third-order valence-corrected chi connectivity index (χ3v) is 12.6. The zero-order valence-electron chi connectivity index (χ0n) is 39.4. The van der Waals surface area contributed by atoms with E-state index in [4.69, 9.17) is 11.5 Å². The van der Waals surface area contributed by atoms with Gasteiger partial charge < -0.3 is 63.0 Å². The summed E-state index contributed by atoms with van der Waals surface area (Å²) in [6, 6.07) is -1.75. The van der Waals surface area contributed by atoms with E-state index in [0.29, 0.717) is 58.0 Å². The van der Waals surface area contributed by atoms with Crippen molar-refractivity contribution in [2.45, 2.75) is 95.6 Å². The summed E-state index contributed by atoms with van der Waals surface area (Å²) in [6.07, 6.45) is 5.59. The molecule has 13 N–H and O–H groups in total. The van der Waals surface area contributed by atoms with Gasteiger partial charge in [-0.05, 0) is 77.0 Å². The first kappa shape index (κ1) is 57.2. The van der Waals surface area contributed by atoms with Crippen molar-refractivity contribution in [2.24, 2.45) is 28.3 Å². The number of hydrogen-bond acceptors (Lipinski definition) is 15. The summed E-state index contributed by atoms with van der Waals surface area (Å²) in [6.45, 7) is 3.59. The summed E-state index contributed by atoms with van der Waals surface area (Å²) < 4.78 is 0. The van der Waals surface area contributed by atoms with Crippen LogP contribution in [0.1, 0.15) is 77.6 Å². The van der Waals surface area contributed by atoms with Gasteiger partial charge in [0.15, 0.2) is 5.96 Å². The van der Waals surface area contributed by atoms with Crippen LogP contribution in [0.15, 0.2) is 4.99 Å². The number of likely N-dealkylation sites (tertiary alicyclic amines) is 1. The number of amides is 5. The average Bonchev–Trinajstić information content (AvgIpc) is 3.77. The first-order valence-electron chi connectivity index (χ1n) is 23.7. The lowest BCUT2D eigenvalue weighted by Crippen LogP contribution is -2.53. The van der Waals surface area contributed by atoms with Crippen LogP contribution in [0.3, 0.4) is 0 Å². The Hall–Kier alpha value is -5.15. The number of nitrogens with one attached hydrogen (secondary N) is 4. The fraction of sp³-hybridized carbons (Fsp3) is 0.786. The number of aliphatic carboxylic acids is 3. The second-order valence-corrected chi connectivity index (χ2v) is 18.0. The van der Waals surface area contributed by atoms with Gasteiger partial charge in [-0.15, -0.1) is 0 Å². The van der Waals surface area contributed by atoms with Crippen molar-refractivity contribution in [3.63, 3.8) is 0 Å². The Labute approximate surface area is 397 Å². The number of carbonyl (C=O) groups is 8. The lowest BCUT2D eigenvalue weighted by Gasteiger charge is -2.33. The van der Waals surface area contributed by atoms with Crippen molar-refractivity contribution in [2.75, 3.05) is 105 Å². The number of hydrogen-bond donors (Lipinski definition) is 11. The van der Waals surface area contributed by atoms with Crippen LogP contribution < -0.4 is 32.7 Å². The number of rotatable bonds is 25. The molecule has 3 rings (SSSR count). The van der Waals surface area contributed by atoms with E-state index in [9.17, 15) is 63.7 Å². The molecule has 1 aliphatic carbocycles. The van der Waals surface area contributed by atoms with Crippen LogP contribution in [0, 0.1) is 11.8 Å². The number of nitrogens with two attached hydrogens (primary N) is 2. The second-order valence-electron chi connectivity index (χ2n) is 18.0. The van der Waals surface area contributed by atoms with Crippen LogP contribution in [-0.2, 0) is 38.4 Å². The Kier molecular flexibility index (Phi) is 25.5. The molecule has 3 fully saturated rings. The standard InChI is InChI=1S/C42H75BN12O13/c1-29(41(66)55-15-5-7-33(55)43(67)68)49-39(64)31-11-9-30(10-12-31)24-48-34(56)8-2-3-13-46-40(65)32(6-4-14-47-42(44)45)50-35(57)25-51-16-18-52(26-36(58)59)20-22-54(28-38(62)63)23-21-53(19-17-51)27-37(60)61/h29-33,67-68H,2-28H2,1H3,(H,46,65)(H,48,56)(H,49,64)(H,50,57)(H,58,59)(H,60,61)(H,62,63)(H4,44,45,47)/t29-,30?,31?,32+,33+/m1/s1. The highest BCUT2D eigenvalue weighted by atomic mass is 16.4. The monoisotopic (exact) mass is 967 g/mol. The van der Waals surface area contributed by atoms with Crippen molar-refractivity contribution in [1.29, 1.82) is 0 Å². The predicted molar refractivity (Wildman–Crippen MR) is 248 cm³/mol. The molecule has 1 saturated carbocycles. The van der Waals surface area contributed by atoms with Gasteiger partial charge in [0.1, 0.15) is 12.1 Å². The Bertz CT molecular complexity index is 1670. The van der Waals surface area contributed by atoms with Gasteiger partial charge >= 0.3 is 25.0 Å². The fourth-order valence-electron chi connectivity index (χ4n) is 8.74. The fourth-order valence-corrected chi connectivity index (χ4v) is 8.74. The maximum absolute atomic E-state index is 13.5. The molecule has 0 aromatic heterocycles. The first-order valence-corrected chi connectivity index (χ1v) is 23.7. The van der Waals surface area contributed by atoms with Gasteiger partial charge in [0, 0.05) is 90.9 Å². The molecule has 2 aliphatic heterocycles. The molecule has 26 heteroatoms. The SMILES string of the molecule is C[C@@H](NC(=O)C1CCC(CNC(=O)CCCCNC(=O)[C@H](CCCN=C(N)N)NC(=O)CN2CCN(CC(=O)O)CCN(CC(=O)O)CCN(CC(=O)O)CC2)CC1)C(=O)N1CCC[C@H]1B(O)O. The predicted octanol–water partition coefficient (Wildman–Crippen LogP) is -4.28. The number of carboxylic acid groups (broad SMARTS) is 3. The van der Waals surface area contributed by atoms with Gasteiger partial charge in [0.2, 0.25) is 29.5 Å². The number of aliphatic imine (C=N–C) groups is 1. The Balaban J connectivity index is 1.45. The molecular formula is C42H75BN12O13. The minimum Gasteiger partial charge on any atom is -0.480 e. The molecule has 0 spiro atoms. The van der Waals surface area contributed by atoms with Crippen LogP contribution in [0.2, 0.25) is 0 Å². The van der Waals surface area contributed by atoms with Gasteiger partial charge in [0.05, 0.1) is 32.1 Å². The van der Waals surface area contributed by atoms with Crippen LogP contribution in [0.5, 0.6) is 0 Å². The molecule has 25 nitrogen and oxygen atoms in total. The van der Waals surface area contributed by atoms with Crippen LogP contribution in [-0.4, -0.2) is 233 Å².